The van der Waals surface area contributed by atoms with Crippen molar-refractivity contribution in [2.75, 3.05) is 18.6 Å². The summed E-state index contributed by atoms with van der Waals surface area (Å²) in [5.41, 5.74) is 1.83. The maximum absolute atomic E-state index is 13.9. The van der Waals surface area contributed by atoms with Crippen LogP contribution in [0.15, 0.2) is 42.5 Å². The Balaban J connectivity index is 1.73. The molecule has 1 aliphatic heterocycles. The van der Waals surface area contributed by atoms with E-state index in [-0.39, 0.29) is 23.6 Å². The zero-order valence-corrected chi connectivity index (χ0v) is 14.8. The van der Waals surface area contributed by atoms with Crippen molar-refractivity contribution in [3.05, 3.63) is 59.4 Å². The molecule has 2 aromatic carbocycles. The Labute approximate surface area is 151 Å². The number of anilines is 1. The van der Waals surface area contributed by atoms with Gasteiger partial charge in [0.05, 0.1) is 13.2 Å². The largest absolute Gasteiger partial charge is 0.494 e. The Morgan fingerprint density at radius 2 is 2.08 bits per heavy atom. The van der Waals surface area contributed by atoms with Crippen LogP contribution in [0.5, 0.6) is 5.75 Å². The monoisotopic (exact) mass is 356 g/mol. The standard InChI is InChI=1S/C20H21FN2O3/c1-13(14-8-9-18(26-2)17(21)12-14)22-20(25)15-5-3-6-16(11-15)23-10-4-7-19(23)24/h3,5-6,8-9,11-13H,4,7,10H2,1-2H3,(H,22,25)/t13-/m1/s1. The fraction of sp³-hybridized carbons (Fsp3) is 0.300. The first-order valence-electron chi connectivity index (χ1n) is 8.54. The summed E-state index contributed by atoms with van der Waals surface area (Å²) in [7, 11) is 1.40. The van der Waals surface area contributed by atoms with Crippen molar-refractivity contribution >= 4 is 17.5 Å². The second-order valence-corrected chi connectivity index (χ2v) is 6.29. The van der Waals surface area contributed by atoms with Crippen molar-refractivity contribution in [2.24, 2.45) is 0 Å². The molecule has 1 heterocycles. The van der Waals surface area contributed by atoms with Gasteiger partial charge in [-0.2, -0.15) is 0 Å². The van der Waals surface area contributed by atoms with Crippen LogP contribution >= 0.6 is 0 Å². The highest BCUT2D eigenvalue weighted by molar-refractivity contribution is 5.99. The minimum atomic E-state index is -0.472. The number of nitrogens with zero attached hydrogens (tertiary/aromatic N) is 1. The number of hydrogen-bond donors (Lipinski definition) is 1. The first kappa shape index (κ1) is 17.9. The molecule has 1 saturated heterocycles. The maximum atomic E-state index is 13.9. The average molecular weight is 356 g/mol. The van der Waals surface area contributed by atoms with Gasteiger partial charge in [0.25, 0.3) is 5.91 Å². The zero-order chi connectivity index (χ0) is 18.7. The van der Waals surface area contributed by atoms with Crippen LogP contribution in [0, 0.1) is 5.82 Å². The second-order valence-electron chi connectivity index (χ2n) is 6.29. The van der Waals surface area contributed by atoms with Gasteiger partial charge in [0.1, 0.15) is 0 Å². The highest BCUT2D eigenvalue weighted by Gasteiger charge is 2.22. The molecule has 1 atom stereocenters. The van der Waals surface area contributed by atoms with Gasteiger partial charge in [0.15, 0.2) is 11.6 Å². The van der Waals surface area contributed by atoms with Crippen LogP contribution in [-0.2, 0) is 4.79 Å². The zero-order valence-electron chi connectivity index (χ0n) is 14.8. The van der Waals surface area contributed by atoms with Crippen LogP contribution in [0.2, 0.25) is 0 Å². The molecule has 0 unspecified atom stereocenters. The van der Waals surface area contributed by atoms with E-state index < -0.39 is 5.82 Å². The van der Waals surface area contributed by atoms with Crippen molar-refractivity contribution < 1.29 is 18.7 Å². The van der Waals surface area contributed by atoms with Gasteiger partial charge in [0, 0.05) is 24.2 Å². The summed E-state index contributed by atoms with van der Waals surface area (Å²) in [6.07, 6.45) is 1.37. The maximum Gasteiger partial charge on any atom is 0.251 e. The summed E-state index contributed by atoms with van der Waals surface area (Å²) in [5.74, 6) is -0.511. The van der Waals surface area contributed by atoms with Gasteiger partial charge in [-0.05, 0) is 49.2 Å². The Kier molecular flexibility index (Phi) is 5.21. The van der Waals surface area contributed by atoms with E-state index in [4.69, 9.17) is 4.74 Å². The van der Waals surface area contributed by atoms with E-state index in [1.165, 1.54) is 19.2 Å². The predicted octanol–water partition coefficient (Wildman–Crippen LogP) is 3.45. The number of ether oxygens (including phenoxy) is 1. The minimum Gasteiger partial charge on any atom is -0.494 e. The number of carbonyl (C=O) groups excluding carboxylic acids is 2. The summed E-state index contributed by atoms with van der Waals surface area (Å²) >= 11 is 0. The van der Waals surface area contributed by atoms with Gasteiger partial charge in [-0.1, -0.05) is 12.1 Å². The number of rotatable bonds is 5. The van der Waals surface area contributed by atoms with E-state index in [0.29, 0.717) is 24.1 Å². The molecule has 5 nitrogen and oxygen atoms in total. The number of nitrogens with one attached hydrogen (secondary N) is 1. The van der Waals surface area contributed by atoms with Crippen LogP contribution < -0.4 is 15.0 Å². The van der Waals surface area contributed by atoms with Gasteiger partial charge < -0.3 is 15.0 Å². The predicted molar refractivity (Wildman–Crippen MR) is 96.9 cm³/mol. The van der Waals surface area contributed by atoms with E-state index in [1.807, 2.05) is 6.07 Å². The van der Waals surface area contributed by atoms with Crippen molar-refractivity contribution in [3.63, 3.8) is 0 Å². The van der Waals surface area contributed by atoms with Crippen molar-refractivity contribution in [2.45, 2.75) is 25.8 Å². The molecule has 0 bridgehead atoms. The van der Waals surface area contributed by atoms with Crippen molar-refractivity contribution in [1.82, 2.24) is 5.32 Å². The van der Waals surface area contributed by atoms with Crippen LogP contribution in [0.1, 0.15) is 41.7 Å². The number of amides is 2. The fourth-order valence-corrected chi connectivity index (χ4v) is 3.05. The first-order chi connectivity index (χ1) is 12.5. The van der Waals surface area contributed by atoms with E-state index in [0.717, 1.165) is 12.1 Å². The SMILES string of the molecule is COc1ccc([C@@H](C)NC(=O)c2cccc(N3CCCC3=O)c2)cc1F. The van der Waals surface area contributed by atoms with Crippen LogP contribution in [0.3, 0.4) is 0 Å². The summed E-state index contributed by atoms with van der Waals surface area (Å²) in [6, 6.07) is 11.2. The Bertz CT molecular complexity index is 838. The average Bonchev–Trinajstić information content (AvgIpc) is 3.07. The van der Waals surface area contributed by atoms with Crippen LogP contribution in [0.4, 0.5) is 10.1 Å². The molecule has 2 amide bonds. The molecular weight excluding hydrogens is 335 g/mol. The number of hydrogen-bond acceptors (Lipinski definition) is 3. The molecule has 1 fully saturated rings. The van der Waals surface area contributed by atoms with Gasteiger partial charge in [-0.15, -0.1) is 0 Å². The first-order valence-corrected chi connectivity index (χ1v) is 8.54. The summed E-state index contributed by atoms with van der Waals surface area (Å²) in [4.78, 5) is 26.1. The molecule has 1 N–H and O–H groups in total. The molecule has 0 spiro atoms. The van der Waals surface area contributed by atoms with Gasteiger partial charge in [-0.25, -0.2) is 4.39 Å². The molecule has 1 aliphatic rings. The van der Waals surface area contributed by atoms with Crippen molar-refractivity contribution in [1.29, 1.82) is 0 Å². The van der Waals surface area contributed by atoms with Gasteiger partial charge in [0.2, 0.25) is 5.91 Å². The smallest absolute Gasteiger partial charge is 0.251 e. The van der Waals surface area contributed by atoms with E-state index in [1.54, 1.807) is 36.1 Å². The highest BCUT2D eigenvalue weighted by Crippen LogP contribution is 2.24. The molecule has 3 rings (SSSR count). The fourth-order valence-electron chi connectivity index (χ4n) is 3.05. The Morgan fingerprint density at radius 1 is 1.27 bits per heavy atom. The van der Waals surface area contributed by atoms with Crippen LogP contribution in [0.25, 0.3) is 0 Å². The van der Waals surface area contributed by atoms with E-state index in [9.17, 15) is 14.0 Å². The third-order valence-corrected chi connectivity index (χ3v) is 4.52. The molecule has 26 heavy (non-hydrogen) atoms. The summed E-state index contributed by atoms with van der Waals surface area (Å²) in [5, 5.41) is 2.86. The number of methoxy groups -OCH3 is 1. The lowest BCUT2D eigenvalue weighted by atomic mass is 10.1. The Hall–Kier alpha value is -2.89. The highest BCUT2D eigenvalue weighted by atomic mass is 19.1. The number of carbonyl (C=O) groups is 2. The number of benzene rings is 2. The van der Waals surface area contributed by atoms with Gasteiger partial charge >= 0.3 is 0 Å². The molecule has 0 radical (unpaired) electrons. The molecule has 0 aromatic heterocycles. The minimum absolute atomic E-state index is 0.0737. The second kappa shape index (κ2) is 7.56. The van der Waals surface area contributed by atoms with Crippen LogP contribution in [-0.4, -0.2) is 25.5 Å². The normalized spacial score (nSPS) is 15.0. The molecule has 0 saturated carbocycles. The molecule has 136 valence electrons. The van der Waals surface area contributed by atoms with Crippen molar-refractivity contribution in [3.8, 4) is 5.75 Å². The molecular formula is C20H21FN2O3. The third-order valence-electron chi connectivity index (χ3n) is 4.52. The van der Waals surface area contributed by atoms with Gasteiger partial charge in [-0.3, -0.25) is 9.59 Å². The molecule has 6 heteroatoms. The molecule has 2 aromatic rings. The summed E-state index contributed by atoms with van der Waals surface area (Å²) < 4.78 is 18.8. The Morgan fingerprint density at radius 3 is 2.73 bits per heavy atom. The lowest BCUT2D eigenvalue weighted by Gasteiger charge is -2.18. The summed E-state index contributed by atoms with van der Waals surface area (Å²) in [6.45, 7) is 2.46. The molecule has 0 aliphatic carbocycles. The topological polar surface area (TPSA) is 58.6 Å². The van der Waals surface area contributed by atoms with E-state index in [2.05, 4.69) is 5.32 Å². The number of halogens is 1. The lowest BCUT2D eigenvalue weighted by molar-refractivity contribution is -0.117. The third kappa shape index (κ3) is 3.69. The van der Waals surface area contributed by atoms with E-state index >= 15 is 0 Å². The lowest BCUT2D eigenvalue weighted by Crippen LogP contribution is -2.28. The quantitative estimate of drug-likeness (QED) is 0.893.